The minimum absolute atomic E-state index is 0. The molecule has 0 aliphatic carbocycles. The number of likely N-dealkylation sites (tertiary alicyclic amines) is 1. The van der Waals surface area contributed by atoms with Crippen LogP contribution in [0.4, 0.5) is 0 Å². The predicted octanol–water partition coefficient (Wildman–Crippen LogP) is 0.820. The molecule has 104 valence electrons. The summed E-state index contributed by atoms with van der Waals surface area (Å²) in [7, 11) is 0. The van der Waals surface area contributed by atoms with Crippen LogP contribution in [-0.4, -0.2) is 42.1 Å². The molecule has 0 bridgehead atoms. The average Bonchev–Trinajstić information content (AvgIpc) is 2.99. The first-order valence-corrected chi connectivity index (χ1v) is 6.48. The summed E-state index contributed by atoms with van der Waals surface area (Å²) in [5.41, 5.74) is 0.678. The van der Waals surface area contributed by atoms with E-state index in [1.54, 1.807) is 12.1 Å². The van der Waals surface area contributed by atoms with Gasteiger partial charge in [-0.15, -0.1) is 12.4 Å². The summed E-state index contributed by atoms with van der Waals surface area (Å²) >= 11 is 0. The molecule has 0 spiro atoms. The molecule has 2 aliphatic rings. The smallest absolute Gasteiger partial charge is 0.256 e. The lowest BCUT2D eigenvalue weighted by molar-refractivity contribution is -0.139. The van der Waals surface area contributed by atoms with Crippen LogP contribution in [0.15, 0.2) is 30.3 Å². The lowest BCUT2D eigenvalue weighted by Crippen LogP contribution is -2.35. The molecule has 1 unspecified atom stereocenters. The number of aliphatic hydroxyl groups is 1. The van der Waals surface area contributed by atoms with E-state index >= 15 is 0 Å². The second-order valence-corrected chi connectivity index (χ2v) is 5.23. The fraction of sp³-hybridized carbons (Fsp3) is 0.500. The van der Waals surface area contributed by atoms with Gasteiger partial charge in [-0.25, -0.2) is 0 Å². The van der Waals surface area contributed by atoms with Gasteiger partial charge in [0.25, 0.3) is 5.91 Å². The van der Waals surface area contributed by atoms with Crippen molar-refractivity contribution in [2.45, 2.75) is 6.10 Å². The first-order valence-electron chi connectivity index (χ1n) is 6.48. The van der Waals surface area contributed by atoms with Crippen molar-refractivity contribution in [2.75, 3.05) is 26.2 Å². The molecule has 2 fully saturated rings. The van der Waals surface area contributed by atoms with Crippen molar-refractivity contribution in [1.82, 2.24) is 10.2 Å². The van der Waals surface area contributed by atoms with Gasteiger partial charge in [0.1, 0.15) is 0 Å². The van der Waals surface area contributed by atoms with Crippen LogP contribution in [0.25, 0.3) is 0 Å². The van der Waals surface area contributed by atoms with Crippen molar-refractivity contribution in [3.8, 4) is 0 Å². The third kappa shape index (κ3) is 2.76. The number of nitrogens with one attached hydrogen (secondary N) is 1. The zero-order chi connectivity index (χ0) is 12.5. The first kappa shape index (κ1) is 14.3. The molecule has 2 N–H and O–H groups in total. The molecule has 1 amide bonds. The van der Waals surface area contributed by atoms with Crippen molar-refractivity contribution >= 4 is 18.3 Å². The van der Waals surface area contributed by atoms with Crippen LogP contribution < -0.4 is 5.32 Å². The van der Waals surface area contributed by atoms with Gasteiger partial charge in [0.15, 0.2) is 6.10 Å². The normalized spacial score (nSPS) is 26.7. The van der Waals surface area contributed by atoms with Crippen molar-refractivity contribution in [3.63, 3.8) is 0 Å². The molecule has 2 saturated heterocycles. The average molecular weight is 283 g/mol. The third-order valence-corrected chi connectivity index (χ3v) is 4.05. The fourth-order valence-corrected chi connectivity index (χ4v) is 2.99. The molecule has 0 saturated carbocycles. The highest BCUT2D eigenvalue weighted by Crippen LogP contribution is 2.28. The molecule has 1 aromatic carbocycles. The van der Waals surface area contributed by atoms with E-state index in [4.69, 9.17) is 0 Å². The zero-order valence-electron chi connectivity index (χ0n) is 10.7. The second kappa shape index (κ2) is 5.90. The molecule has 3 rings (SSSR count). The number of hydrogen-bond acceptors (Lipinski definition) is 3. The molecule has 0 radical (unpaired) electrons. The minimum Gasteiger partial charge on any atom is -0.378 e. The highest BCUT2D eigenvalue weighted by atomic mass is 35.5. The Morgan fingerprint density at radius 1 is 1.21 bits per heavy atom. The maximum atomic E-state index is 12.2. The molecule has 3 atom stereocenters. The lowest BCUT2D eigenvalue weighted by Gasteiger charge is -2.21. The summed E-state index contributed by atoms with van der Waals surface area (Å²) in [4.78, 5) is 14.0. The summed E-state index contributed by atoms with van der Waals surface area (Å²) in [6, 6.07) is 9.15. The van der Waals surface area contributed by atoms with Crippen molar-refractivity contribution < 1.29 is 9.90 Å². The van der Waals surface area contributed by atoms with E-state index in [0.29, 0.717) is 17.4 Å². The van der Waals surface area contributed by atoms with Gasteiger partial charge in [0.2, 0.25) is 0 Å². The highest BCUT2D eigenvalue weighted by Gasteiger charge is 2.39. The largest absolute Gasteiger partial charge is 0.378 e. The number of aliphatic hydroxyl groups excluding tert-OH is 1. The van der Waals surface area contributed by atoms with Crippen molar-refractivity contribution in [3.05, 3.63) is 35.9 Å². The predicted molar refractivity (Wildman–Crippen MR) is 75.1 cm³/mol. The summed E-state index contributed by atoms with van der Waals surface area (Å²) in [6.45, 7) is 3.55. The lowest BCUT2D eigenvalue weighted by atomic mass is 10.0. The molecule has 19 heavy (non-hydrogen) atoms. The van der Waals surface area contributed by atoms with Crippen LogP contribution in [0.5, 0.6) is 0 Å². The summed E-state index contributed by atoms with van der Waals surface area (Å²) in [6.07, 6.45) is -1.02. The molecular weight excluding hydrogens is 264 g/mol. The number of hydrogen-bond donors (Lipinski definition) is 2. The Morgan fingerprint density at radius 3 is 2.37 bits per heavy atom. The van der Waals surface area contributed by atoms with Gasteiger partial charge in [0, 0.05) is 26.2 Å². The molecule has 2 aliphatic heterocycles. The fourth-order valence-electron chi connectivity index (χ4n) is 2.99. The van der Waals surface area contributed by atoms with Crippen LogP contribution in [0.1, 0.15) is 11.7 Å². The Labute approximate surface area is 119 Å². The van der Waals surface area contributed by atoms with Gasteiger partial charge in [-0.1, -0.05) is 30.3 Å². The van der Waals surface area contributed by atoms with Crippen LogP contribution >= 0.6 is 12.4 Å². The first-order chi connectivity index (χ1) is 8.75. The van der Waals surface area contributed by atoms with Crippen LogP contribution in [0.2, 0.25) is 0 Å². The standard InChI is InChI=1S/C14H18N2O2.ClH/c17-13(10-4-2-1-3-5-10)14(18)16-8-11-6-15-7-12(11)9-16;/h1-5,11-13,15,17H,6-9H2;1H/t11-,12+,13?;. The third-order valence-electron chi connectivity index (χ3n) is 4.05. The SMILES string of the molecule is Cl.O=C(C(O)c1ccccc1)N1C[C@H]2CNC[C@H]2C1. The Bertz CT molecular complexity index is 428. The summed E-state index contributed by atoms with van der Waals surface area (Å²) in [5.74, 6) is 0.976. The quantitative estimate of drug-likeness (QED) is 0.844. The van der Waals surface area contributed by atoms with Crippen molar-refractivity contribution in [2.24, 2.45) is 11.8 Å². The minimum atomic E-state index is -1.02. The molecule has 5 heteroatoms. The summed E-state index contributed by atoms with van der Waals surface area (Å²) < 4.78 is 0. The van der Waals surface area contributed by atoms with Crippen LogP contribution in [0.3, 0.4) is 0 Å². The van der Waals surface area contributed by atoms with E-state index in [1.807, 2.05) is 23.1 Å². The number of amides is 1. The van der Waals surface area contributed by atoms with E-state index in [-0.39, 0.29) is 18.3 Å². The summed E-state index contributed by atoms with van der Waals surface area (Å²) in [5, 5.41) is 13.5. The number of benzene rings is 1. The van der Waals surface area contributed by atoms with Crippen LogP contribution in [-0.2, 0) is 4.79 Å². The van der Waals surface area contributed by atoms with E-state index in [1.165, 1.54) is 0 Å². The van der Waals surface area contributed by atoms with Gasteiger partial charge in [-0.3, -0.25) is 4.79 Å². The second-order valence-electron chi connectivity index (χ2n) is 5.23. The molecule has 1 aromatic rings. The molecule has 2 heterocycles. The van der Waals surface area contributed by atoms with Gasteiger partial charge >= 0.3 is 0 Å². The number of halogens is 1. The topological polar surface area (TPSA) is 52.6 Å². The maximum Gasteiger partial charge on any atom is 0.256 e. The van der Waals surface area contributed by atoms with Gasteiger partial charge in [0.05, 0.1) is 0 Å². The number of nitrogens with zero attached hydrogens (tertiary/aromatic N) is 1. The van der Waals surface area contributed by atoms with Gasteiger partial charge < -0.3 is 15.3 Å². The zero-order valence-corrected chi connectivity index (χ0v) is 11.5. The Kier molecular flexibility index (Phi) is 4.45. The van der Waals surface area contributed by atoms with E-state index in [0.717, 1.165) is 26.2 Å². The maximum absolute atomic E-state index is 12.2. The molecule has 0 aromatic heterocycles. The number of carbonyl (C=O) groups is 1. The Hall–Kier alpha value is -1.10. The van der Waals surface area contributed by atoms with Crippen LogP contribution in [0, 0.1) is 11.8 Å². The van der Waals surface area contributed by atoms with E-state index in [2.05, 4.69) is 5.32 Å². The van der Waals surface area contributed by atoms with Gasteiger partial charge in [-0.2, -0.15) is 0 Å². The van der Waals surface area contributed by atoms with Crippen molar-refractivity contribution in [1.29, 1.82) is 0 Å². The molecular formula is C14H19ClN2O2. The Balaban J connectivity index is 0.00000133. The van der Waals surface area contributed by atoms with E-state index < -0.39 is 6.10 Å². The molecule has 4 nitrogen and oxygen atoms in total. The van der Waals surface area contributed by atoms with Gasteiger partial charge in [-0.05, 0) is 17.4 Å². The number of carbonyl (C=O) groups excluding carboxylic acids is 1. The van der Waals surface area contributed by atoms with E-state index in [9.17, 15) is 9.90 Å². The highest BCUT2D eigenvalue weighted by molar-refractivity contribution is 5.85. The monoisotopic (exact) mass is 282 g/mol. The number of rotatable bonds is 2. The number of fused-ring (bicyclic) bond motifs is 1. The Morgan fingerprint density at radius 2 is 1.79 bits per heavy atom.